The Hall–Kier alpha value is -1.94. The Morgan fingerprint density at radius 2 is 0.571 bits per heavy atom. The summed E-state index contributed by atoms with van der Waals surface area (Å²) in [4.78, 5) is 72.3. The number of hydrogen-bond acceptors (Lipinski definition) is 15. The van der Waals surface area contributed by atoms with Gasteiger partial charge in [0.1, 0.15) is 19.3 Å². The molecule has 0 aromatic rings. The molecule has 0 aromatic carbocycles. The maximum absolute atomic E-state index is 13.0. The molecule has 0 saturated carbocycles. The van der Waals surface area contributed by atoms with E-state index in [9.17, 15) is 43.2 Å². The second kappa shape index (κ2) is 55.2. The average Bonchev–Trinajstić information content (AvgIpc) is 3.50. The van der Waals surface area contributed by atoms with Crippen molar-refractivity contribution in [3.63, 3.8) is 0 Å². The van der Waals surface area contributed by atoms with Crippen LogP contribution >= 0.6 is 15.6 Å². The molecule has 0 fully saturated rings. The van der Waals surface area contributed by atoms with Gasteiger partial charge in [0.25, 0.3) is 0 Å². The zero-order chi connectivity index (χ0) is 62.5. The van der Waals surface area contributed by atoms with Crippen molar-refractivity contribution in [2.45, 2.75) is 331 Å². The molecule has 0 aromatic heterocycles. The lowest BCUT2D eigenvalue weighted by Gasteiger charge is -2.21. The summed E-state index contributed by atoms with van der Waals surface area (Å²) in [5, 5.41) is 10.5. The molecular weight excluding hydrogens is 1110 g/mol. The topological polar surface area (TPSA) is 237 Å². The number of phosphoric ester groups is 2. The monoisotopic (exact) mass is 1240 g/mol. The van der Waals surface area contributed by atoms with Crippen LogP contribution in [0.3, 0.4) is 0 Å². The molecule has 3 N–H and O–H groups in total. The minimum atomic E-state index is -4.95. The fraction of sp³-hybridized carbons (Fsp3) is 0.938. The second-order valence-corrected chi connectivity index (χ2v) is 28.1. The second-order valence-electron chi connectivity index (χ2n) is 25.2. The Kier molecular flexibility index (Phi) is 53.9. The van der Waals surface area contributed by atoms with Crippen LogP contribution in [0.15, 0.2) is 0 Å². The van der Waals surface area contributed by atoms with Crippen molar-refractivity contribution in [2.75, 3.05) is 39.6 Å². The molecule has 6 atom stereocenters. The highest BCUT2D eigenvalue weighted by molar-refractivity contribution is 7.47. The number of unbranched alkanes of at least 4 members (excludes halogenated alkanes) is 27. The first-order chi connectivity index (χ1) is 40.1. The van der Waals surface area contributed by atoms with E-state index >= 15 is 0 Å². The third kappa shape index (κ3) is 57.8. The largest absolute Gasteiger partial charge is 0.472 e. The van der Waals surface area contributed by atoms with E-state index in [0.29, 0.717) is 31.6 Å². The lowest BCUT2D eigenvalue weighted by atomic mass is 9.99. The van der Waals surface area contributed by atoms with Gasteiger partial charge in [0, 0.05) is 25.7 Å². The zero-order valence-electron chi connectivity index (χ0n) is 54.5. The summed E-state index contributed by atoms with van der Waals surface area (Å²) in [5.41, 5.74) is 0. The van der Waals surface area contributed by atoms with Gasteiger partial charge in [0.05, 0.1) is 26.4 Å². The third-order valence-corrected chi connectivity index (χ3v) is 17.1. The van der Waals surface area contributed by atoms with Crippen molar-refractivity contribution in [1.82, 2.24) is 0 Å². The molecule has 0 aliphatic rings. The Labute approximate surface area is 511 Å². The van der Waals surface area contributed by atoms with Crippen LogP contribution in [0.25, 0.3) is 0 Å². The zero-order valence-corrected chi connectivity index (χ0v) is 56.3. The van der Waals surface area contributed by atoms with Crippen molar-refractivity contribution < 1.29 is 80.2 Å². The van der Waals surface area contributed by atoms with Gasteiger partial charge >= 0.3 is 39.5 Å². The van der Waals surface area contributed by atoms with Crippen LogP contribution in [-0.4, -0.2) is 96.7 Å². The van der Waals surface area contributed by atoms with Crippen LogP contribution < -0.4 is 0 Å². The smallest absolute Gasteiger partial charge is 0.462 e. The Morgan fingerprint density at radius 3 is 0.845 bits per heavy atom. The molecule has 0 spiro atoms. The highest BCUT2D eigenvalue weighted by Crippen LogP contribution is 2.45. The van der Waals surface area contributed by atoms with Crippen LogP contribution in [0.1, 0.15) is 312 Å². The summed E-state index contributed by atoms with van der Waals surface area (Å²) in [7, 11) is -9.89. The predicted octanol–water partition coefficient (Wildman–Crippen LogP) is 17.8. The van der Waals surface area contributed by atoms with Crippen LogP contribution in [0.4, 0.5) is 0 Å². The summed E-state index contributed by atoms with van der Waals surface area (Å²) in [6.45, 7) is 14.0. The normalized spacial score (nSPS) is 14.7. The number of ether oxygens (including phenoxy) is 4. The first-order valence-corrected chi connectivity index (χ1v) is 36.7. The van der Waals surface area contributed by atoms with Crippen molar-refractivity contribution in [3.8, 4) is 0 Å². The van der Waals surface area contributed by atoms with Gasteiger partial charge in [-0.1, -0.05) is 261 Å². The Morgan fingerprint density at radius 1 is 0.333 bits per heavy atom. The van der Waals surface area contributed by atoms with Crippen LogP contribution in [-0.2, 0) is 65.4 Å². The van der Waals surface area contributed by atoms with E-state index in [1.807, 2.05) is 0 Å². The van der Waals surface area contributed by atoms with Gasteiger partial charge in [-0.05, 0) is 49.4 Å². The summed E-state index contributed by atoms with van der Waals surface area (Å²) in [6, 6.07) is 0. The van der Waals surface area contributed by atoms with E-state index in [1.54, 1.807) is 0 Å². The van der Waals surface area contributed by atoms with Gasteiger partial charge in [-0.25, -0.2) is 9.13 Å². The van der Waals surface area contributed by atoms with Crippen molar-refractivity contribution in [3.05, 3.63) is 0 Å². The van der Waals surface area contributed by atoms with E-state index in [2.05, 4.69) is 55.4 Å². The molecule has 498 valence electrons. The van der Waals surface area contributed by atoms with Crippen molar-refractivity contribution >= 4 is 39.5 Å². The van der Waals surface area contributed by atoms with Gasteiger partial charge in [-0.3, -0.25) is 37.3 Å². The minimum Gasteiger partial charge on any atom is -0.462 e. The summed E-state index contributed by atoms with van der Waals surface area (Å²) < 4.78 is 68.0. The molecule has 0 aliphatic heterocycles. The molecule has 19 heteroatoms. The Balaban J connectivity index is 5.26. The molecule has 0 rings (SSSR count). The number of esters is 4. The van der Waals surface area contributed by atoms with E-state index in [-0.39, 0.29) is 25.7 Å². The fourth-order valence-electron chi connectivity index (χ4n) is 9.57. The van der Waals surface area contributed by atoms with E-state index in [4.69, 9.17) is 37.0 Å². The number of carbonyl (C=O) groups is 4. The van der Waals surface area contributed by atoms with E-state index in [0.717, 1.165) is 114 Å². The summed E-state index contributed by atoms with van der Waals surface area (Å²) >= 11 is 0. The molecule has 0 heterocycles. The van der Waals surface area contributed by atoms with E-state index < -0.39 is 97.5 Å². The van der Waals surface area contributed by atoms with Crippen molar-refractivity contribution in [1.29, 1.82) is 0 Å². The lowest BCUT2D eigenvalue weighted by Crippen LogP contribution is -2.30. The third-order valence-electron chi connectivity index (χ3n) is 15.2. The number of phosphoric acid groups is 2. The number of hydrogen-bond donors (Lipinski definition) is 3. The van der Waals surface area contributed by atoms with Crippen LogP contribution in [0, 0.1) is 23.7 Å². The maximum Gasteiger partial charge on any atom is 0.472 e. The first-order valence-electron chi connectivity index (χ1n) is 33.7. The minimum absolute atomic E-state index is 0.103. The standard InChI is InChI=1S/C65H126O17P2/c1-9-58(8)44-36-28-19-14-16-22-32-40-48-65(70)82-60(51-75-62(67)45-37-29-20-15-13-18-26-34-42-56(4)5)53-79-83(71,72)77-49-59(66)50-78-84(73,74)80-54-61(52-76-63(68)46-38-30-24-23-27-35-43-57(6)7)81-64(69)47-39-31-21-12-10-11-17-25-33-41-55(2)3/h55-61,66H,9-54H2,1-8H3,(H,71,72)(H,73,74)/t58?,59-,60-,61-/m1/s1. The number of aliphatic hydroxyl groups is 1. The molecule has 0 bridgehead atoms. The van der Waals surface area contributed by atoms with Gasteiger partial charge in [-0.15, -0.1) is 0 Å². The summed E-state index contributed by atoms with van der Waals surface area (Å²) in [5.74, 6) is 0.771. The quantitative estimate of drug-likeness (QED) is 0.0222. The number of rotatable bonds is 62. The SMILES string of the molecule is CCC(C)CCCCCCCCCCC(=O)O[C@H](COC(=O)CCCCCCCCCCC(C)C)COP(=O)(O)OC[C@@H](O)COP(=O)(O)OC[C@@H](COC(=O)CCCCCCCCC(C)C)OC(=O)CCCCCCCCCCCC(C)C. The first kappa shape index (κ1) is 82.1. The molecule has 3 unspecified atom stereocenters. The Bertz CT molecular complexity index is 1680. The van der Waals surface area contributed by atoms with Gasteiger partial charge in [0.15, 0.2) is 12.2 Å². The molecular formula is C65H126O17P2. The maximum atomic E-state index is 13.0. The molecule has 0 saturated heterocycles. The molecule has 17 nitrogen and oxygen atoms in total. The van der Waals surface area contributed by atoms with Gasteiger partial charge < -0.3 is 33.8 Å². The highest BCUT2D eigenvalue weighted by atomic mass is 31.2. The number of aliphatic hydroxyl groups excluding tert-OH is 1. The van der Waals surface area contributed by atoms with Gasteiger partial charge in [-0.2, -0.15) is 0 Å². The van der Waals surface area contributed by atoms with E-state index in [1.165, 1.54) is 109 Å². The van der Waals surface area contributed by atoms with Gasteiger partial charge in [0.2, 0.25) is 0 Å². The predicted molar refractivity (Wildman–Crippen MR) is 335 cm³/mol. The lowest BCUT2D eigenvalue weighted by molar-refractivity contribution is -0.161. The van der Waals surface area contributed by atoms with Crippen LogP contribution in [0.2, 0.25) is 0 Å². The van der Waals surface area contributed by atoms with Crippen molar-refractivity contribution in [2.24, 2.45) is 23.7 Å². The molecule has 84 heavy (non-hydrogen) atoms. The average molecular weight is 1240 g/mol. The molecule has 0 amide bonds. The highest BCUT2D eigenvalue weighted by Gasteiger charge is 2.30. The fourth-order valence-corrected chi connectivity index (χ4v) is 11.2. The molecule has 0 aliphatic carbocycles. The number of carbonyl (C=O) groups excluding carboxylic acids is 4. The van der Waals surface area contributed by atoms with Crippen LogP contribution in [0.5, 0.6) is 0 Å². The summed E-state index contributed by atoms with van der Waals surface area (Å²) in [6.07, 6.45) is 35.0. The molecule has 0 radical (unpaired) electrons.